The molecular formula is C25H26N4O. The Kier molecular flexibility index (Phi) is 4.97. The van der Waals surface area contributed by atoms with Gasteiger partial charge >= 0.3 is 5.69 Å². The smallest absolute Gasteiger partial charge is 0.299 e. The largest absolute Gasteiger partial charge is 0.350 e. The molecule has 1 aliphatic heterocycles. The van der Waals surface area contributed by atoms with Gasteiger partial charge in [-0.25, -0.2) is 14.0 Å². The molecule has 0 unspecified atom stereocenters. The third-order valence-electron chi connectivity index (χ3n) is 6.19. The Morgan fingerprint density at radius 2 is 1.60 bits per heavy atom. The molecule has 0 spiro atoms. The molecule has 0 N–H and O–H groups in total. The molecule has 0 amide bonds. The van der Waals surface area contributed by atoms with Crippen LogP contribution < -0.4 is 5.69 Å². The van der Waals surface area contributed by atoms with Crippen LogP contribution in [0.2, 0.25) is 0 Å². The second-order valence-corrected chi connectivity index (χ2v) is 8.12. The monoisotopic (exact) mass is 398 g/mol. The Bertz CT molecular complexity index is 1210. The quantitative estimate of drug-likeness (QED) is 0.520. The Hall–Kier alpha value is -3.18. The van der Waals surface area contributed by atoms with E-state index in [0.717, 1.165) is 44.0 Å². The molecule has 152 valence electrons. The van der Waals surface area contributed by atoms with E-state index in [4.69, 9.17) is 0 Å². The Labute approximate surface area is 176 Å². The summed E-state index contributed by atoms with van der Waals surface area (Å²) < 4.78 is 3.25. The van der Waals surface area contributed by atoms with Crippen LogP contribution in [0.3, 0.4) is 0 Å². The molecule has 1 aromatic heterocycles. The van der Waals surface area contributed by atoms with Crippen molar-refractivity contribution in [3.8, 4) is 5.69 Å². The molecule has 1 aliphatic rings. The number of fused-ring (bicyclic) bond motifs is 1. The second-order valence-electron chi connectivity index (χ2n) is 8.12. The summed E-state index contributed by atoms with van der Waals surface area (Å²) in [7, 11) is 1.74. The maximum absolute atomic E-state index is 12.7. The number of aromatic nitrogens is 3. The van der Waals surface area contributed by atoms with Crippen molar-refractivity contribution >= 4 is 10.8 Å². The van der Waals surface area contributed by atoms with Crippen LogP contribution in [0.25, 0.3) is 16.5 Å². The summed E-state index contributed by atoms with van der Waals surface area (Å²) in [5, 5.41) is 7.24. The van der Waals surface area contributed by atoms with Gasteiger partial charge in [0, 0.05) is 19.5 Å². The highest BCUT2D eigenvalue weighted by atomic mass is 16.2. The number of hydrogen-bond acceptors (Lipinski definition) is 3. The summed E-state index contributed by atoms with van der Waals surface area (Å²) in [5.74, 6) is 1.18. The van der Waals surface area contributed by atoms with E-state index in [1.54, 1.807) is 11.6 Å². The van der Waals surface area contributed by atoms with Gasteiger partial charge < -0.3 is 0 Å². The fourth-order valence-corrected chi connectivity index (χ4v) is 4.59. The summed E-state index contributed by atoms with van der Waals surface area (Å²) in [4.78, 5) is 15.2. The second kappa shape index (κ2) is 7.92. The van der Waals surface area contributed by atoms with Gasteiger partial charge in [0.1, 0.15) is 5.82 Å². The van der Waals surface area contributed by atoms with Gasteiger partial charge in [0.05, 0.1) is 5.69 Å². The van der Waals surface area contributed by atoms with Crippen LogP contribution in [0, 0.1) is 0 Å². The fraction of sp³-hybridized carbons (Fsp3) is 0.280. The molecule has 5 heteroatoms. The van der Waals surface area contributed by atoms with Gasteiger partial charge in [-0.2, -0.15) is 5.10 Å². The van der Waals surface area contributed by atoms with E-state index in [0.29, 0.717) is 5.92 Å². The first kappa shape index (κ1) is 18.8. The number of para-hydroxylation sites is 1. The van der Waals surface area contributed by atoms with E-state index in [1.807, 2.05) is 30.3 Å². The molecule has 0 atom stereocenters. The summed E-state index contributed by atoms with van der Waals surface area (Å²) in [5.41, 5.74) is 2.20. The number of rotatable bonds is 4. The first-order chi connectivity index (χ1) is 14.7. The summed E-state index contributed by atoms with van der Waals surface area (Å²) in [6, 6.07) is 25.0. The molecule has 5 rings (SSSR count). The maximum atomic E-state index is 12.7. The number of benzene rings is 3. The molecule has 1 saturated heterocycles. The lowest BCUT2D eigenvalue weighted by molar-refractivity contribution is 0.201. The molecular weight excluding hydrogens is 372 g/mol. The highest BCUT2D eigenvalue weighted by molar-refractivity contribution is 5.85. The number of likely N-dealkylation sites (tertiary alicyclic amines) is 1. The van der Waals surface area contributed by atoms with E-state index in [1.165, 1.54) is 21.0 Å². The normalized spacial score (nSPS) is 15.6. The van der Waals surface area contributed by atoms with Crippen LogP contribution in [0.4, 0.5) is 0 Å². The molecule has 2 heterocycles. The predicted molar refractivity (Wildman–Crippen MR) is 120 cm³/mol. The molecule has 0 aliphatic carbocycles. The van der Waals surface area contributed by atoms with Crippen LogP contribution in [0.15, 0.2) is 77.6 Å². The minimum Gasteiger partial charge on any atom is -0.299 e. The molecule has 0 radical (unpaired) electrons. The highest BCUT2D eigenvalue weighted by Gasteiger charge is 2.27. The van der Waals surface area contributed by atoms with Crippen molar-refractivity contribution in [1.82, 2.24) is 19.2 Å². The van der Waals surface area contributed by atoms with Gasteiger partial charge in [-0.05, 0) is 54.4 Å². The average molecular weight is 399 g/mol. The number of nitrogens with zero attached hydrogens (tertiary/aromatic N) is 4. The molecule has 30 heavy (non-hydrogen) atoms. The topological polar surface area (TPSA) is 43.1 Å². The first-order valence-corrected chi connectivity index (χ1v) is 10.6. The van der Waals surface area contributed by atoms with Crippen molar-refractivity contribution in [2.45, 2.75) is 25.3 Å². The zero-order chi connectivity index (χ0) is 20.5. The van der Waals surface area contributed by atoms with E-state index < -0.39 is 0 Å². The van der Waals surface area contributed by atoms with E-state index >= 15 is 0 Å². The summed E-state index contributed by atoms with van der Waals surface area (Å²) in [6.45, 7) is 2.97. The Morgan fingerprint density at radius 3 is 2.40 bits per heavy atom. The van der Waals surface area contributed by atoms with Crippen molar-refractivity contribution in [3.05, 3.63) is 94.7 Å². The fourth-order valence-electron chi connectivity index (χ4n) is 4.59. The molecule has 5 nitrogen and oxygen atoms in total. The van der Waals surface area contributed by atoms with Crippen molar-refractivity contribution in [2.24, 2.45) is 7.05 Å². The van der Waals surface area contributed by atoms with Crippen molar-refractivity contribution in [1.29, 1.82) is 0 Å². The van der Waals surface area contributed by atoms with Gasteiger partial charge in [-0.1, -0.05) is 60.7 Å². The molecule has 4 aromatic rings. The Morgan fingerprint density at radius 1 is 0.900 bits per heavy atom. The molecule has 0 saturated carbocycles. The van der Waals surface area contributed by atoms with E-state index in [9.17, 15) is 4.79 Å². The standard InChI is InChI=1S/C25H26N4O/c1-27-25(30)29(22-11-3-2-4-12-22)24(26-27)20-14-16-28(17-15-20)18-21-10-7-9-19-8-5-6-13-23(19)21/h2-13,20H,14-18H2,1H3. The lowest BCUT2D eigenvalue weighted by Gasteiger charge is -2.31. The Balaban J connectivity index is 1.35. The lowest BCUT2D eigenvalue weighted by atomic mass is 9.95. The van der Waals surface area contributed by atoms with Crippen molar-refractivity contribution in [3.63, 3.8) is 0 Å². The third-order valence-corrected chi connectivity index (χ3v) is 6.19. The van der Waals surface area contributed by atoms with Gasteiger partial charge in [0.25, 0.3) is 0 Å². The molecule has 3 aromatic carbocycles. The molecule has 0 bridgehead atoms. The average Bonchev–Trinajstić information content (AvgIpc) is 3.09. The van der Waals surface area contributed by atoms with Crippen molar-refractivity contribution in [2.75, 3.05) is 13.1 Å². The number of piperidine rings is 1. The highest BCUT2D eigenvalue weighted by Crippen LogP contribution is 2.29. The molecule has 1 fully saturated rings. The lowest BCUT2D eigenvalue weighted by Crippen LogP contribution is -2.33. The van der Waals surface area contributed by atoms with Gasteiger partial charge in [-0.3, -0.25) is 4.90 Å². The van der Waals surface area contributed by atoms with E-state index in [2.05, 4.69) is 52.5 Å². The minimum absolute atomic E-state index is 0.0746. The van der Waals surface area contributed by atoms with Gasteiger partial charge in [0.15, 0.2) is 0 Å². The zero-order valence-corrected chi connectivity index (χ0v) is 17.2. The zero-order valence-electron chi connectivity index (χ0n) is 17.2. The van der Waals surface area contributed by atoms with Gasteiger partial charge in [-0.15, -0.1) is 0 Å². The SMILES string of the molecule is Cn1nc(C2CCN(Cc3cccc4ccccc34)CC2)n(-c2ccccc2)c1=O. The summed E-state index contributed by atoms with van der Waals surface area (Å²) in [6.07, 6.45) is 2.02. The van der Waals surface area contributed by atoms with Crippen LogP contribution >= 0.6 is 0 Å². The van der Waals surface area contributed by atoms with Crippen molar-refractivity contribution < 1.29 is 0 Å². The first-order valence-electron chi connectivity index (χ1n) is 10.6. The number of aryl methyl sites for hydroxylation is 1. The predicted octanol–water partition coefficient (Wildman–Crippen LogP) is 4.10. The number of hydrogen-bond donors (Lipinski definition) is 0. The van der Waals surface area contributed by atoms with Gasteiger partial charge in [0.2, 0.25) is 0 Å². The third kappa shape index (κ3) is 3.46. The maximum Gasteiger partial charge on any atom is 0.350 e. The van der Waals surface area contributed by atoms with Crippen LogP contribution in [0.5, 0.6) is 0 Å². The minimum atomic E-state index is -0.0746. The van der Waals surface area contributed by atoms with Crippen LogP contribution in [0.1, 0.15) is 30.1 Å². The van der Waals surface area contributed by atoms with E-state index in [-0.39, 0.29) is 5.69 Å². The summed E-state index contributed by atoms with van der Waals surface area (Å²) >= 11 is 0. The van der Waals surface area contributed by atoms with Crippen LogP contribution in [-0.4, -0.2) is 32.3 Å². The van der Waals surface area contributed by atoms with Crippen LogP contribution in [-0.2, 0) is 13.6 Å².